The number of allylic oxidation sites excluding steroid dienone is 1. The molecule has 19 heavy (non-hydrogen) atoms. The summed E-state index contributed by atoms with van der Waals surface area (Å²) in [4.78, 5) is 15.7. The second-order valence-corrected chi connectivity index (χ2v) is 6.22. The van der Waals surface area contributed by atoms with Crippen LogP contribution in [0.4, 0.5) is 0 Å². The molecule has 3 nitrogen and oxygen atoms in total. The molecular weight excluding hydrogens is 262 g/mol. The molecule has 0 saturated heterocycles. The maximum atomic E-state index is 11.6. The van der Waals surface area contributed by atoms with Crippen molar-refractivity contribution in [3.05, 3.63) is 40.7 Å². The Kier molecular flexibility index (Phi) is 3.95. The highest BCUT2D eigenvalue weighted by atomic mass is 35.5. The van der Waals surface area contributed by atoms with Gasteiger partial charge in [0.15, 0.2) is 0 Å². The van der Waals surface area contributed by atoms with Gasteiger partial charge in [0, 0.05) is 12.3 Å². The zero-order valence-electron chi connectivity index (χ0n) is 11.4. The largest absolute Gasteiger partial charge is 0.457 e. The van der Waals surface area contributed by atoms with Crippen LogP contribution in [0.2, 0.25) is 5.15 Å². The molecule has 2 rings (SSSR count). The summed E-state index contributed by atoms with van der Waals surface area (Å²) in [6.07, 6.45) is 7.06. The summed E-state index contributed by atoms with van der Waals surface area (Å²) in [5.41, 5.74) is 1.99. The highest BCUT2D eigenvalue weighted by molar-refractivity contribution is 6.29. The smallest absolute Gasteiger partial charge is 0.330 e. The van der Waals surface area contributed by atoms with E-state index < -0.39 is 5.60 Å². The fourth-order valence-electron chi connectivity index (χ4n) is 2.19. The molecule has 4 heteroatoms. The molecule has 102 valence electrons. The minimum atomic E-state index is -0.447. The van der Waals surface area contributed by atoms with Crippen molar-refractivity contribution in [2.24, 2.45) is 5.92 Å². The first kappa shape index (κ1) is 14.1. The van der Waals surface area contributed by atoms with Crippen LogP contribution in [-0.2, 0) is 22.4 Å². The summed E-state index contributed by atoms with van der Waals surface area (Å²) in [7, 11) is 0. The van der Waals surface area contributed by atoms with Crippen molar-refractivity contribution >= 4 is 17.6 Å². The van der Waals surface area contributed by atoms with Gasteiger partial charge in [-0.05, 0) is 56.7 Å². The Morgan fingerprint density at radius 3 is 2.79 bits per heavy atom. The molecule has 0 bridgehead atoms. The summed E-state index contributed by atoms with van der Waals surface area (Å²) in [6.45, 7) is 5.58. The number of pyridine rings is 1. The maximum absolute atomic E-state index is 11.6. The van der Waals surface area contributed by atoms with E-state index >= 15 is 0 Å². The molecule has 0 N–H and O–H groups in total. The molecule has 0 aromatic carbocycles. The molecule has 1 atom stereocenters. The summed E-state index contributed by atoms with van der Waals surface area (Å²) in [5.74, 6) is 0.0300. The number of carbonyl (C=O) groups is 1. The molecule has 1 aliphatic rings. The van der Waals surface area contributed by atoms with Crippen LogP contribution in [0.1, 0.15) is 31.9 Å². The average Bonchev–Trinajstić information content (AvgIpc) is 2.66. The number of carbonyl (C=O) groups excluding carboxylic acids is 1. The van der Waals surface area contributed by atoms with E-state index in [0.717, 1.165) is 12.8 Å². The predicted octanol–water partition coefficient (Wildman–Crippen LogP) is 3.35. The van der Waals surface area contributed by atoms with E-state index in [1.54, 1.807) is 0 Å². The van der Waals surface area contributed by atoms with Gasteiger partial charge in [0.25, 0.3) is 0 Å². The fraction of sp³-hybridized carbons (Fsp3) is 0.467. The first-order chi connectivity index (χ1) is 8.83. The molecule has 1 aromatic rings. The van der Waals surface area contributed by atoms with Gasteiger partial charge in [0.2, 0.25) is 0 Å². The Bertz CT molecular complexity index is 517. The number of hydrogen-bond donors (Lipinski definition) is 0. The third-order valence-electron chi connectivity index (χ3n) is 2.92. The molecule has 0 radical (unpaired) electrons. The van der Waals surface area contributed by atoms with E-state index in [2.05, 4.69) is 4.98 Å². The minimum absolute atomic E-state index is 0.292. The van der Waals surface area contributed by atoms with Crippen molar-refractivity contribution < 1.29 is 9.53 Å². The number of fused-ring (bicyclic) bond motifs is 1. The topological polar surface area (TPSA) is 39.2 Å². The average molecular weight is 280 g/mol. The van der Waals surface area contributed by atoms with Gasteiger partial charge in [-0.25, -0.2) is 9.78 Å². The van der Waals surface area contributed by atoms with Crippen molar-refractivity contribution in [1.29, 1.82) is 0 Å². The Hall–Kier alpha value is -1.35. The summed E-state index contributed by atoms with van der Waals surface area (Å²) in [5, 5.41) is 0.524. The molecule has 1 heterocycles. The van der Waals surface area contributed by atoms with Crippen LogP contribution in [-0.4, -0.2) is 16.6 Å². The molecule has 0 aliphatic heterocycles. The quantitative estimate of drug-likeness (QED) is 0.473. The highest BCUT2D eigenvalue weighted by Crippen LogP contribution is 2.28. The van der Waals surface area contributed by atoms with E-state index in [1.165, 1.54) is 17.2 Å². The van der Waals surface area contributed by atoms with Crippen LogP contribution in [0.15, 0.2) is 24.4 Å². The van der Waals surface area contributed by atoms with E-state index in [0.29, 0.717) is 11.1 Å². The van der Waals surface area contributed by atoms with Crippen molar-refractivity contribution in [3.63, 3.8) is 0 Å². The van der Waals surface area contributed by atoms with E-state index in [9.17, 15) is 4.79 Å². The van der Waals surface area contributed by atoms with E-state index in [-0.39, 0.29) is 5.97 Å². The van der Waals surface area contributed by atoms with Crippen LogP contribution < -0.4 is 0 Å². The lowest BCUT2D eigenvalue weighted by Crippen LogP contribution is -2.22. The second kappa shape index (κ2) is 5.33. The molecular formula is C15H18ClNO2. The Labute approximate surface area is 118 Å². The van der Waals surface area contributed by atoms with Crippen molar-refractivity contribution in [2.75, 3.05) is 0 Å². The molecule has 0 saturated carbocycles. The van der Waals surface area contributed by atoms with Gasteiger partial charge >= 0.3 is 5.97 Å². The normalized spacial score (nSPS) is 18.6. The number of hydrogen-bond acceptors (Lipinski definition) is 3. The monoisotopic (exact) mass is 279 g/mol. The molecule has 1 aliphatic carbocycles. The van der Waals surface area contributed by atoms with Crippen molar-refractivity contribution in [2.45, 2.75) is 39.2 Å². The number of halogens is 1. The van der Waals surface area contributed by atoms with Gasteiger partial charge in [-0.2, -0.15) is 0 Å². The number of esters is 1. The van der Waals surface area contributed by atoms with Gasteiger partial charge in [0.05, 0.1) is 0 Å². The van der Waals surface area contributed by atoms with E-state index in [4.69, 9.17) is 16.3 Å². The van der Waals surface area contributed by atoms with Crippen LogP contribution in [0.3, 0.4) is 0 Å². The van der Waals surface area contributed by atoms with Crippen LogP contribution in [0.5, 0.6) is 0 Å². The van der Waals surface area contributed by atoms with Crippen molar-refractivity contribution in [1.82, 2.24) is 4.98 Å². The lowest BCUT2D eigenvalue weighted by molar-refractivity contribution is -0.148. The molecule has 0 unspecified atom stereocenters. The van der Waals surface area contributed by atoms with Crippen LogP contribution in [0, 0.1) is 5.92 Å². The zero-order chi connectivity index (χ0) is 14.0. The first-order valence-corrected chi connectivity index (χ1v) is 6.76. The lowest BCUT2D eigenvalue weighted by atomic mass is 10.1. The Balaban J connectivity index is 1.95. The van der Waals surface area contributed by atoms with Gasteiger partial charge in [-0.1, -0.05) is 17.7 Å². The highest BCUT2D eigenvalue weighted by Gasteiger charge is 2.21. The first-order valence-electron chi connectivity index (χ1n) is 6.38. The standard InChI is InChI=1S/C15H18ClNO2/c1-15(2,3)19-14(18)5-4-10-6-11-8-13(16)17-9-12(11)7-10/h4-5,8-10H,6-7H2,1-3H3/t10-/m1/s1. The summed E-state index contributed by atoms with van der Waals surface area (Å²) in [6, 6.07) is 1.90. The lowest BCUT2D eigenvalue weighted by Gasteiger charge is -2.18. The number of nitrogens with zero attached hydrogens (tertiary/aromatic N) is 1. The molecule has 0 fully saturated rings. The van der Waals surface area contributed by atoms with Gasteiger partial charge in [-0.15, -0.1) is 0 Å². The molecule has 0 amide bonds. The number of ether oxygens (including phenoxy) is 1. The third kappa shape index (κ3) is 4.06. The number of rotatable bonds is 2. The van der Waals surface area contributed by atoms with Gasteiger partial charge in [0.1, 0.15) is 10.8 Å². The Morgan fingerprint density at radius 1 is 1.42 bits per heavy atom. The van der Waals surface area contributed by atoms with Crippen molar-refractivity contribution in [3.8, 4) is 0 Å². The summed E-state index contributed by atoms with van der Waals surface area (Å²) >= 11 is 5.87. The maximum Gasteiger partial charge on any atom is 0.330 e. The number of aromatic nitrogens is 1. The Morgan fingerprint density at radius 2 is 2.11 bits per heavy atom. The third-order valence-corrected chi connectivity index (χ3v) is 3.13. The minimum Gasteiger partial charge on any atom is -0.457 e. The van der Waals surface area contributed by atoms with E-state index in [1.807, 2.05) is 39.1 Å². The predicted molar refractivity (Wildman–Crippen MR) is 75.1 cm³/mol. The fourth-order valence-corrected chi connectivity index (χ4v) is 2.37. The summed E-state index contributed by atoms with van der Waals surface area (Å²) < 4.78 is 5.23. The molecule has 0 spiro atoms. The molecule has 1 aromatic heterocycles. The van der Waals surface area contributed by atoms with Crippen LogP contribution in [0.25, 0.3) is 0 Å². The van der Waals surface area contributed by atoms with Gasteiger partial charge in [-0.3, -0.25) is 0 Å². The van der Waals surface area contributed by atoms with Crippen LogP contribution >= 0.6 is 11.6 Å². The second-order valence-electron chi connectivity index (χ2n) is 5.84. The SMILES string of the molecule is CC(C)(C)OC(=O)C=C[C@H]1Cc2cnc(Cl)cc2C1. The zero-order valence-corrected chi connectivity index (χ0v) is 12.2. The van der Waals surface area contributed by atoms with Gasteiger partial charge < -0.3 is 4.74 Å².